The van der Waals surface area contributed by atoms with Gasteiger partial charge in [-0.05, 0) is 58.7 Å². The van der Waals surface area contributed by atoms with E-state index in [4.69, 9.17) is 17.2 Å². The van der Waals surface area contributed by atoms with E-state index in [2.05, 4.69) is 20.9 Å². The molecule has 0 saturated carbocycles. The average molecular weight is 444 g/mol. The van der Waals surface area contributed by atoms with Gasteiger partial charge in [0, 0.05) is 25.6 Å². The molecule has 182 valence electrons. The molecule has 2 amide bonds. The van der Waals surface area contributed by atoms with E-state index in [-0.39, 0.29) is 36.7 Å². The maximum Gasteiger partial charge on any atom is 0.222 e. The Labute approximate surface area is 187 Å². The highest BCUT2D eigenvalue weighted by Crippen LogP contribution is 2.08. The van der Waals surface area contributed by atoms with Crippen LogP contribution in [0.4, 0.5) is 0 Å². The monoisotopic (exact) mass is 443 g/mol. The molecule has 10 nitrogen and oxygen atoms in total. The van der Waals surface area contributed by atoms with Gasteiger partial charge in [-0.2, -0.15) is 0 Å². The lowest BCUT2D eigenvalue weighted by molar-refractivity contribution is -0.124. The predicted octanol–water partition coefficient (Wildman–Crippen LogP) is -0.309. The fraction of sp³-hybridized carbons (Fsp3) is 0.857. The molecule has 0 aliphatic heterocycles. The first-order valence-electron chi connectivity index (χ1n) is 11.6. The molecule has 31 heavy (non-hydrogen) atoms. The van der Waals surface area contributed by atoms with Gasteiger partial charge in [0.25, 0.3) is 0 Å². The lowest BCUT2D eigenvalue weighted by Gasteiger charge is -2.16. The zero-order valence-electron chi connectivity index (χ0n) is 19.2. The minimum absolute atomic E-state index is 0.0527. The van der Waals surface area contributed by atoms with Gasteiger partial charge in [-0.25, -0.2) is 0 Å². The highest BCUT2D eigenvalue weighted by molar-refractivity contribution is 5.79. The van der Waals surface area contributed by atoms with E-state index in [0.717, 1.165) is 58.0 Å². The number of aliphatic hydroxyl groups excluding tert-OH is 1. The molecule has 2 unspecified atom stereocenters. The summed E-state index contributed by atoms with van der Waals surface area (Å²) in [6, 6.07) is -0.270. The van der Waals surface area contributed by atoms with Crippen molar-refractivity contribution in [2.75, 3.05) is 32.7 Å². The van der Waals surface area contributed by atoms with Crippen LogP contribution < -0.4 is 33.2 Å². The number of hydrogen-bond donors (Lipinski definition) is 7. The number of amides is 2. The van der Waals surface area contributed by atoms with Crippen molar-refractivity contribution in [3.63, 3.8) is 0 Å². The van der Waals surface area contributed by atoms with E-state index in [0.29, 0.717) is 26.1 Å². The first kappa shape index (κ1) is 29.1. The summed E-state index contributed by atoms with van der Waals surface area (Å²) in [5.74, 6) is -0.204. The van der Waals surface area contributed by atoms with Gasteiger partial charge in [-0.15, -0.1) is 0 Å². The predicted molar refractivity (Wildman–Crippen MR) is 125 cm³/mol. The van der Waals surface area contributed by atoms with Crippen LogP contribution in [-0.2, 0) is 9.59 Å². The lowest BCUT2D eigenvalue weighted by Crippen LogP contribution is -2.38. The van der Waals surface area contributed by atoms with E-state index in [1.54, 1.807) is 6.92 Å². The van der Waals surface area contributed by atoms with E-state index < -0.39 is 6.10 Å². The summed E-state index contributed by atoms with van der Waals surface area (Å²) in [4.78, 5) is 27.9. The van der Waals surface area contributed by atoms with E-state index in [9.17, 15) is 14.7 Å². The molecule has 0 aromatic carbocycles. The highest BCUT2D eigenvalue weighted by atomic mass is 16.3. The number of guanidine groups is 1. The Balaban J connectivity index is 3.69. The number of nitrogens with two attached hydrogens (primary N) is 3. The van der Waals surface area contributed by atoms with Gasteiger partial charge in [-0.3, -0.25) is 14.6 Å². The average Bonchev–Trinajstić information content (AvgIpc) is 2.68. The number of carbonyl (C=O) groups excluding carboxylic acids is 2. The summed E-state index contributed by atoms with van der Waals surface area (Å²) in [7, 11) is 0. The number of aliphatic imine (C=N–C) groups is 1. The second-order valence-corrected chi connectivity index (χ2v) is 7.99. The zero-order valence-corrected chi connectivity index (χ0v) is 19.2. The summed E-state index contributed by atoms with van der Waals surface area (Å²) in [6.07, 6.45) is 6.74. The van der Waals surface area contributed by atoms with Gasteiger partial charge >= 0.3 is 0 Å². The Morgan fingerprint density at radius 1 is 0.903 bits per heavy atom. The summed E-state index contributed by atoms with van der Waals surface area (Å²) >= 11 is 0. The Morgan fingerprint density at radius 3 is 2.29 bits per heavy atom. The zero-order chi connectivity index (χ0) is 23.3. The Morgan fingerprint density at radius 2 is 1.58 bits per heavy atom. The number of unbranched alkanes of at least 4 members (excludes halogenated alkanes) is 4. The van der Waals surface area contributed by atoms with Gasteiger partial charge in [0.1, 0.15) is 0 Å². The van der Waals surface area contributed by atoms with E-state index >= 15 is 0 Å². The lowest BCUT2D eigenvalue weighted by atomic mass is 10.1. The quantitative estimate of drug-likeness (QED) is 0.0765. The van der Waals surface area contributed by atoms with Crippen molar-refractivity contribution in [1.82, 2.24) is 16.0 Å². The molecule has 0 aromatic heterocycles. The fourth-order valence-electron chi connectivity index (χ4n) is 3.06. The number of nitrogens with zero attached hydrogens (tertiary/aromatic N) is 1. The van der Waals surface area contributed by atoms with Crippen LogP contribution >= 0.6 is 0 Å². The van der Waals surface area contributed by atoms with Crippen molar-refractivity contribution in [1.29, 1.82) is 0 Å². The van der Waals surface area contributed by atoms with Crippen molar-refractivity contribution in [3.05, 3.63) is 0 Å². The summed E-state index contributed by atoms with van der Waals surface area (Å²) < 4.78 is 0. The van der Waals surface area contributed by atoms with Crippen LogP contribution in [0, 0.1) is 0 Å². The molecular weight excluding hydrogens is 398 g/mol. The standard InChI is InChI=1S/C21H45N7O3/c1-17(15-19(30)26-13-7-6-11-25-12-8-10-22)28-20(31)16-18(29)9-4-2-3-5-14-27-21(23)24/h17-18,25,29H,2-16,22H2,1H3,(H,26,30)(H,28,31)(H4,23,24,27). The fourth-order valence-corrected chi connectivity index (χ4v) is 3.06. The molecule has 0 bridgehead atoms. The topological polar surface area (TPSA) is 181 Å². The van der Waals surface area contributed by atoms with Gasteiger partial charge in [0.2, 0.25) is 11.8 Å². The Kier molecular flexibility index (Phi) is 18.8. The molecule has 0 heterocycles. The van der Waals surface area contributed by atoms with Crippen LogP contribution in [-0.4, -0.2) is 67.8 Å². The van der Waals surface area contributed by atoms with Gasteiger partial charge in [0.05, 0.1) is 12.5 Å². The molecule has 0 rings (SSSR count). The molecule has 0 aliphatic carbocycles. The summed E-state index contributed by atoms with van der Waals surface area (Å²) in [6.45, 7) is 5.58. The number of aliphatic hydroxyl groups is 1. The van der Waals surface area contributed by atoms with Crippen LogP contribution in [0.25, 0.3) is 0 Å². The number of hydrogen-bond acceptors (Lipinski definition) is 6. The van der Waals surface area contributed by atoms with Crippen molar-refractivity contribution < 1.29 is 14.7 Å². The largest absolute Gasteiger partial charge is 0.393 e. The molecule has 0 radical (unpaired) electrons. The molecule has 0 aromatic rings. The molecule has 0 saturated heterocycles. The number of rotatable bonds is 20. The third-order valence-corrected chi connectivity index (χ3v) is 4.72. The molecular formula is C21H45N7O3. The van der Waals surface area contributed by atoms with Crippen LogP contribution in [0.15, 0.2) is 4.99 Å². The number of nitrogens with one attached hydrogen (secondary N) is 3. The second-order valence-electron chi connectivity index (χ2n) is 7.99. The normalized spacial score (nSPS) is 12.7. The minimum atomic E-state index is -0.669. The van der Waals surface area contributed by atoms with E-state index in [1.807, 2.05) is 0 Å². The third-order valence-electron chi connectivity index (χ3n) is 4.72. The van der Waals surface area contributed by atoms with Crippen molar-refractivity contribution in [2.45, 2.75) is 83.3 Å². The first-order valence-corrected chi connectivity index (χ1v) is 11.6. The first-order chi connectivity index (χ1) is 14.8. The smallest absolute Gasteiger partial charge is 0.222 e. The van der Waals surface area contributed by atoms with Crippen LogP contribution in [0.2, 0.25) is 0 Å². The van der Waals surface area contributed by atoms with Crippen molar-refractivity contribution in [2.24, 2.45) is 22.2 Å². The molecule has 10 heteroatoms. The molecule has 0 fully saturated rings. The van der Waals surface area contributed by atoms with Gasteiger partial charge in [-0.1, -0.05) is 19.3 Å². The molecule has 2 atom stereocenters. The van der Waals surface area contributed by atoms with Gasteiger partial charge in [0.15, 0.2) is 5.96 Å². The van der Waals surface area contributed by atoms with Crippen LogP contribution in [0.5, 0.6) is 0 Å². The maximum atomic E-state index is 12.0. The molecule has 0 spiro atoms. The summed E-state index contributed by atoms with van der Waals surface area (Å²) in [5, 5.41) is 19.0. The second kappa shape index (κ2) is 20.0. The highest BCUT2D eigenvalue weighted by Gasteiger charge is 2.15. The minimum Gasteiger partial charge on any atom is -0.393 e. The van der Waals surface area contributed by atoms with Gasteiger partial charge < -0.3 is 38.3 Å². The SMILES string of the molecule is CC(CC(=O)NCCCCNCCCN)NC(=O)CC(O)CCCCCCN=C(N)N. The van der Waals surface area contributed by atoms with E-state index in [1.165, 1.54) is 0 Å². The summed E-state index contributed by atoms with van der Waals surface area (Å²) in [5.41, 5.74) is 15.9. The molecule has 10 N–H and O–H groups in total. The Bertz CT molecular complexity index is 499. The van der Waals surface area contributed by atoms with Crippen LogP contribution in [0.3, 0.4) is 0 Å². The van der Waals surface area contributed by atoms with Crippen molar-refractivity contribution >= 4 is 17.8 Å². The Hall–Kier alpha value is -1.91. The molecule has 0 aliphatic rings. The number of carbonyl (C=O) groups is 2. The van der Waals surface area contributed by atoms with Crippen LogP contribution in [0.1, 0.15) is 71.1 Å². The maximum absolute atomic E-state index is 12.0. The third kappa shape index (κ3) is 21.1. The van der Waals surface area contributed by atoms with Crippen molar-refractivity contribution in [3.8, 4) is 0 Å².